The topological polar surface area (TPSA) is 78.9 Å². The highest BCUT2D eigenvalue weighted by molar-refractivity contribution is 14.1. The normalized spacial score (nSPS) is 10.4. The summed E-state index contributed by atoms with van der Waals surface area (Å²) in [4.78, 5) is 21.9. The van der Waals surface area contributed by atoms with Crippen LogP contribution in [0.2, 0.25) is 0 Å². The molecule has 2 heterocycles. The largest absolute Gasteiger partial charge is 0.492 e. The molecule has 0 aliphatic rings. The first-order valence-electron chi connectivity index (χ1n) is 4.18. The molecule has 7 heteroatoms. The van der Waals surface area contributed by atoms with Crippen molar-refractivity contribution in [2.24, 2.45) is 0 Å². The second kappa shape index (κ2) is 4.50. The molecule has 0 spiro atoms. The van der Waals surface area contributed by atoms with Crippen molar-refractivity contribution in [1.82, 2.24) is 15.0 Å². The number of aromatic hydroxyl groups is 1. The molecule has 0 saturated carbocycles. The Bertz CT molecular complexity index is 582. The van der Waals surface area contributed by atoms with E-state index in [4.69, 9.17) is 0 Å². The molecule has 2 aromatic heterocycles. The number of nitrogens with zero attached hydrogens (tertiary/aromatic N) is 2. The minimum absolute atomic E-state index is 0.165. The molecule has 82 valence electrons. The summed E-state index contributed by atoms with van der Waals surface area (Å²) in [6, 6.07) is 3.46. The van der Waals surface area contributed by atoms with Crippen molar-refractivity contribution >= 4 is 38.5 Å². The molecule has 0 aromatic carbocycles. The smallest absolute Gasteiger partial charge is 0.268 e. The van der Waals surface area contributed by atoms with E-state index in [2.05, 4.69) is 30.9 Å². The molecule has 0 aliphatic carbocycles. The van der Waals surface area contributed by atoms with Crippen LogP contribution in [0.5, 0.6) is 5.88 Å². The third kappa shape index (κ3) is 2.24. The number of nitrogens with one attached hydrogen (secondary N) is 1. The van der Waals surface area contributed by atoms with E-state index >= 15 is 0 Å². The number of aromatic amines is 1. The highest BCUT2D eigenvalue weighted by Crippen LogP contribution is 2.18. The Kier molecular flexibility index (Phi) is 3.24. The first-order valence-corrected chi connectivity index (χ1v) is 6.06. The summed E-state index contributed by atoms with van der Waals surface area (Å²) >= 11 is 4.98. The van der Waals surface area contributed by atoms with Gasteiger partial charge in [0.05, 0.1) is 0 Å². The van der Waals surface area contributed by atoms with Crippen molar-refractivity contribution in [2.75, 3.05) is 0 Å². The molecular formula is C9H5BrIN3O2. The number of pyridine rings is 1. The molecule has 2 rings (SSSR count). The average Bonchev–Trinajstić information content (AvgIpc) is 2.26. The Labute approximate surface area is 112 Å². The summed E-state index contributed by atoms with van der Waals surface area (Å²) in [5, 5.41) is 9.42. The Morgan fingerprint density at radius 2 is 2.19 bits per heavy atom. The SMILES string of the molecule is O=c1[nH]c(-c2ccc(Br)cn2)nc(O)c1I. The standard InChI is InChI=1S/C9H5BrIN3O2/c10-4-1-2-5(12-3-4)7-13-8(15)6(11)9(16)14-7/h1-3H,(H2,13,14,15,16). The number of halogens is 2. The van der Waals surface area contributed by atoms with Crippen LogP contribution in [-0.4, -0.2) is 20.1 Å². The molecule has 0 atom stereocenters. The van der Waals surface area contributed by atoms with Gasteiger partial charge in [-0.15, -0.1) is 0 Å². The minimum atomic E-state index is -0.382. The fourth-order valence-electron chi connectivity index (χ4n) is 1.08. The van der Waals surface area contributed by atoms with Gasteiger partial charge in [-0.05, 0) is 50.7 Å². The zero-order valence-electron chi connectivity index (χ0n) is 7.74. The highest BCUT2D eigenvalue weighted by Gasteiger charge is 2.09. The highest BCUT2D eigenvalue weighted by atomic mass is 127. The Hall–Kier alpha value is -0.960. The molecule has 0 amide bonds. The number of H-pyrrole nitrogens is 1. The molecule has 0 aliphatic heterocycles. The van der Waals surface area contributed by atoms with Crippen molar-refractivity contribution in [1.29, 1.82) is 0 Å². The van der Waals surface area contributed by atoms with Crippen molar-refractivity contribution in [3.63, 3.8) is 0 Å². The summed E-state index contributed by atoms with van der Waals surface area (Å²) in [7, 11) is 0. The fourth-order valence-corrected chi connectivity index (χ4v) is 1.57. The first-order chi connectivity index (χ1) is 7.58. The Morgan fingerprint density at radius 3 is 2.75 bits per heavy atom. The number of rotatable bonds is 1. The van der Waals surface area contributed by atoms with E-state index in [0.717, 1.165) is 4.47 Å². The molecule has 5 nitrogen and oxygen atoms in total. The van der Waals surface area contributed by atoms with Crippen LogP contribution in [0.15, 0.2) is 27.6 Å². The zero-order chi connectivity index (χ0) is 11.7. The predicted molar refractivity (Wildman–Crippen MR) is 70.2 cm³/mol. The van der Waals surface area contributed by atoms with Gasteiger partial charge in [0, 0.05) is 10.7 Å². The molecule has 2 N–H and O–H groups in total. The van der Waals surface area contributed by atoms with Gasteiger partial charge in [0.1, 0.15) is 9.26 Å². The van der Waals surface area contributed by atoms with Gasteiger partial charge in [-0.2, -0.15) is 4.98 Å². The predicted octanol–water partition coefficient (Wildman–Crippen LogP) is 1.90. The van der Waals surface area contributed by atoms with Crippen LogP contribution in [-0.2, 0) is 0 Å². The monoisotopic (exact) mass is 393 g/mol. The van der Waals surface area contributed by atoms with Crippen LogP contribution in [0, 0.1) is 3.57 Å². The van der Waals surface area contributed by atoms with E-state index in [-0.39, 0.29) is 20.8 Å². The Balaban J connectivity index is 2.57. The van der Waals surface area contributed by atoms with E-state index < -0.39 is 0 Å². The lowest BCUT2D eigenvalue weighted by Gasteiger charge is -2.01. The van der Waals surface area contributed by atoms with Gasteiger partial charge >= 0.3 is 0 Å². The van der Waals surface area contributed by atoms with Crippen molar-refractivity contribution in [3.05, 3.63) is 36.7 Å². The molecular weight excluding hydrogens is 389 g/mol. The quantitative estimate of drug-likeness (QED) is 0.725. The molecule has 0 saturated heterocycles. The average molecular weight is 394 g/mol. The number of hydrogen-bond acceptors (Lipinski definition) is 4. The third-order valence-corrected chi connectivity index (χ3v) is 3.26. The summed E-state index contributed by atoms with van der Waals surface area (Å²) < 4.78 is 0.992. The first kappa shape index (κ1) is 11.5. The lowest BCUT2D eigenvalue weighted by Crippen LogP contribution is -2.12. The van der Waals surface area contributed by atoms with E-state index in [1.807, 2.05) is 0 Å². The maximum Gasteiger partial charge on any atom is 0.268 e. The summed E-state index contributed by atoms with van der Waals surface area (Å²) in [5.74, 6) is -0.0421. The maximum absolute atomic E-state index is 11.4. The van der Waals surface area contributed by atoms with Gasteiger partial charge in [0.25, 0.3) is 5.56 Å². The van der Waals surface area contributed by atoms with E-state index in [9.17, 15) is 9.90 Å². The maximum atomic E-state index is 11.4. The summed E-state index contributed by atoms with van der Waals surface area (Å²) in [6.45, 7) is 0. The van der Waals surface area contributed by atoms with Crippen molar-refractivity contribution in [3.8, 4) is 17.4 Å². The minimum Gasteiger partial charge on any atom is -0.492 e. The van der Waals surface area contributed by atoms with Crippen LogP contribution >= 0.6 is 38.5 Å². The third-order valence-electron chi connectivity index (χ3n) is 1.82. The van der Waals surface area contributed by atoms with E-state index in [0.29, 0.717) is 5.69 Å². The molecule has 2 aromatic rings. The van der Waals surface area contributed by atoms with Crippen LogP contribution in [0.3, 0.4) is 0 Å². The summed E-state index contributed by atoms with van der Waals surface area (Å²) in [5.41, 5.74) is 0.111. The second-order valence-corrected chi connectivity index (χ2v) is 4.91. The van der Waals surface area contributed by atoms with Gasteiger partial charge in [0.2, 0.25) is 5.88 Å². The molecule has 0 fully saturated rings. The molecule has 0 unspecified atom stereocenters. The number of aromatic nitrogens is 3. The van der Waals surface area contributed by atoms with Crippen LogP contribution in [0.25, 0.3) is 11.5 Å². The van der Waals surface area contributed by atoms with Gasteiger partial charge < -0.3 is 10.1 Å². The van der Waals surface area contributed by atoms with Crippen LogP contribution < -0.4 is 5.56 Å². The molecule has 0 radical (unpaired) electrons. The van der Waals surface area contributed by atoms with Crippen LogP contribution in [0.1, 0.15) is 0 Å². The van der Waals surface area contributed by atoms with Gasteiger partial charge in [-0.3, -0.25) is 9.78 Å². The molecule has 16 heavy (non-hydrogen) atoms. The van der Waals surface area contributed by atoms with Crippen LogP contribution in [0.4, 0.5) is 0 Å². The lowest BCUT2D eigenvalue weighted by atomic mass is 10.3. The van der Waals surface area contributed by atoms with Gasteiger partial charge in [-0.1, -0.05) is 0 Å². The summed E-state index contributed by atoms with van der Waals surface area (Å²) in [6.07, 6.45) is 1.59. The number of hydrogen-bond donors (Lipinski definition) is 2. The fraction of sp³-hybridized carbons (Fsp3) is 0. The zero-order valence-corrected chi connectivity index (χ0v) is 11.5. The second-order valence-electron chi connectivity index (χ2n) is 2.91. The molecule has 0 bridgehead atoms. The van der Waals surface area contributed by atoms with Crippen molar-refractivity contribution in [2.45, 2.75) is 0 Å². The van der Waals surface area contributed by atoms with E-state index in [1.54, 1.807) is 40.9 Å². The van der Waals surface area contributed by atoms with Gasteiger partial charge in [-0.25, -0.2) is 0 Å². The lowest BCUT2D eigenvalue weighted by molar-refractivity contribution is 0.447. The van der Waals surface area contributed by atoms with Crippen molar-refractivity contribution < 1.29 is 5.11 Å². The van der Waals surface area contributed by atoms with Gasteiger partial charge in [0.15, 0.2) is 5.82 Å². The Morgan fingerprint density at radius 1 is 1.44 bits per heavy atom. The van der Waals surface area contributed by atoms with E-state index in [1.165, 1.54) is 0 Å².